The van der Waals surface area contributed by atoms with Crippen LogP contribution in [-0.4, -0.2) is 4.98 Å². The van der Waals surface area contributed by atoms with E-state index in [4.69, 9.17) is 27.9 Å². The van der Waals surface area contributed by atoms with Gasteiger partial charge in [-0.15, -0.1) is 0 Å². The first-order valence-corrected chi connectivity index (χ1v) is 5.48. The fraction of sp³-hybridized carbons (Fsp3) is 0.0833. The number of benzene rings is 1. The average molecular weight is 254 g/mol. The third-order valence-electron chi connectivity index (χ3n) is 2.08. The van der Waals surface area contributed by atoms with Crippen molar-refractivity contribution in [1.82, 2.24) is 4.98 Å². The highest BCUT2D eigenvalue weighted by molar-refractivity contribution is 6.32. The summed E-state index contributed by atoms with van der Waals surface area (Å²) in [6, 6.07) is 9.14. The van der Waals surface area contributed by atoms with Gasteiger partial charge in [-0.1, -0.05) is 35.3 Å². The Morgan fingerprint density at radius 1 is 1.06 bits per heavy atom. The molecular weight excluding hydrogens is 245 g/mol. The molecule has 1 aromatic carbocycles. The maximum absolute atomic E-state index is 5.96. The summed E-state index contributed by atoms with van der Waals surface area (Å²) in [6.07, 6.45) is 3.27. The molecule has 1 heterocycles. The topological polar surface area (TPSA) is 22.1 Å². The zero-order valence-corrected chi connectivity index (χ0v) is 9.87. The van der Waals surface area contributed by atoms with Gasteiger partial charge in [0, 0.05) is 18.0 Å². The molecule has 1 aromatic heterocycles. The van der Waals surface area contributed by atoms with E-state index < -0.39 is 0 Å². The molecule has 0 aliphatic rings. The Morgan fingerprint density at radius 3 is 2.62 bits per heavy atom. The smallest absolute Gasteiger partial charge is 0.138 e. The van der Waals surface area contributed by atoms with E-state index in [1.54, 1.807) is 18.5 Å². The van der Waals surface area contributed by atoms with Crippen molar-refractivity contribution in [3.8, 4) is 5.75 Å². The van der Waals surface area contributed by atoms with Crippen LogP contribution in [0, 0.1) is 0 Å². The minimum Gasteiger partial charge on any atom is -0.487 e. The van der Waals surface area contributed by atoms with Crippen LogP contribution in [0.4, 0.5) is 0 Å². The second kappa shape index (κ2) is 5.19. The van der Waals surface area contributed by atoms with Crippen molar-refractivity contribution in [3.63, 3.8) is 0 Å². The zero-order chi connectivity index (χ0) is 11.4. The molecule has 0 aliphatic carbocycles. The van der Waals surface area contributed by atoms with E-state index >= 15 is 0 Å². The van der Waals surface area contributed by atoms with Gasteiger partial charge in [0.1, 0.15) is 12.4 Å². The maximum atomic E-state index is 5.96. The van der Waals surface area contributed by atoms with Gasteiger partial charge in [-0.05, 0) is 18.2 Å². The first kappa shape index (κ1) is 11.2. The van der Waals surface area contributed by atoms with Gasteiger partial charge in [-0.3, -0.25) is 4.98 Å². The van der Waals surface area contributed by atoms with Crippen LogP contribution in [0.1, 0.15) is 5.56 Å². The first-order chi connectivity index (χ1) is 7.77. The number of para-hydroxylation sites is 1. The maximum Gasteiger partial charge on any atom is 0.138 e. The largest absolute Gasteiger partial charge is 0.487 e. The number of pyridine rings is 1. The number of halogens is 2. The number of hydrogen-bond donors (Lipinski definition) is 0. The van der Waals surface area contributed by atoms with Gasteiger partial charge in [-0.2, -0.15) is 0 Å². The van der Waals surface area contributed by atoms with Gasteiger partial charge >= 0.3 is 0 Å². The number of ether oxygens (including phenoxy) is 1. The van der Waals surface area contributed by atoms with E-state index in [0.29, 0.717) is 22.4 Å². The summed E-state index contributed by atoms with van der Waals surface area (Å²) in [5, 5.41) is 1.18. The lowest BCUT2D eigenvalue weighted by atomic mass is 10.3. The fourth-order valence-corrected chi connectivity index (χ4v) is 1.60. The van der Waals surface area contributed by atoms with E-state index in [-0.39, 0.29) is 0 Å². The lowest BCUT2D eigenvalue weighted by Crippen LogP contribution is -1.96. The Morgan fingerprint density at radius 2 is 1.88 bits per heavy atom. The van der Waals surface area contributed by atoms with Crippen molar-refractivity contribution >= 4 is 23.2 Å². The van der Waals surface area contributed by atoms with Crippen LogP contribution in [0.15, 0.2) is 42.7 Å². The quantitative estimate of drug-likeness (QED) is 0.826. The Kier molecular flexibility index (Phi) is 3.65. The Balaban J connectivity index is 2.09. The Bertz CT molecular complexity index is 442. The third-order valence-corrected chi connectivity index (χ3v) is 2.73. The predicted octanol–water partition coefficient (Wildman–Crippen LogP) is 3.97. The minimum atomic E-state index is 0.380. The van der Waals surface area contributed by atoms with Crippen LogP contribution < -0.4 is 4.74 Å². The molecule has 0 N–H and O–H groups in total. The standard InChI is InChI=1S/C12H9Cl2NO/c13-10-3-1-2-4-12(10)16-8-9-5-6-15-7-11(9)14/h1-7H,8H2. The van der Waals surface area contributed by atoms with Gasteiger partial charge in [-0.25, -0.2) is 0 Å². The van der Waals surface area contributed by atoms with E-state index in [1.807, 2.05) is 24.3 Å². The van der Waals surface area contributed by atoms with Crippen molar-refractivity contribution in [2.24, 2.45) is 0 Å². The second-order valence-electron chi connectivity index (χ2n) is 3.19. The Hall–Kier alpha value is -1.25. The summed E-state index contributed by atoms with van der Waals surface area (Å²) in [7, 11) is 0. The van der Waals surface area contributed by atoms with Crippen molar-refractivity contribution in [3.05, 3.63) is 58.3 Å². The normalized spacial score (nSPS) is 10.1. The van der Waals surface area contributed by atoms with E-state index in [2.05, 4.69) is 4.98 Å². The van der Waals surface area contributed by atoms with Gasteiger partial charge in [0.25, 0.3) is 0 Å². The molecule has 2 rings (SSSR count). The molecule has 0 radical (unpaired) electrons. The molecule has 2 aromatic rings. The van der Waals surface area contributed by atoms with Crippen molar-refractivity contribution in [2.45, 2.75) is 6.61 Å². The lowest BCUT2D eigenvalue weighted by molar-refractivity contribution is 0.306. The first-order valence-electron chi connectivity index (χ1n) is 4.73. The number of hydrogen-bond acceptors (Lipinski definition) is 2. The van der Waals surface area contributed by atoms with Crippen molar-refractivity contribution in [2.75, 3.05) is 0 Å². The SMILES string of the molecule is Clc1cnccc1COc1ccccc1Cl. The lowest BCUT2D eigenvalue weighted by Gasteiger charge is -2.08. The molecule has 4 heteroatoms. The number of rotatable bonds is 3. The zero-order valence-electron chi connectivity index (χ0n) is 8.36. The van der Waals surface area contributed by atoms with Crippen LogP contribution >= 0.6 is 23.2 Å². The minimum absolute atomic E-state index is 0.380. The highest BCUT2D eigenvalue weighted by Gasteiger charge is 2.03. The molecule has 0 bridgehead atoms. The highest BCUT2D eigenvalue weighted by atomic mass is 35.5. The van der Waals surface area contributed by atoms with Crippen molar-refractivity contribution in [1.29, 1.82) is 0 Å². The molecule has 0 saturated heterocycles. The number of aromatic nitrogens is 1. The highest BCUT2D eigenvalue weighted by Crippen LogP contribution is 2.25. The van der Waals surface area contributed by atoms with Gasteiger partial charge in [0.05, 0.1) is 10.0 Å². The molecule has 0 spiro atoms. The van der Waals surface area contributed by atoms with Crippen molar-refractivity contribution < 1.29 is 4.74 Å². The average Bonchev–Trinajstić information content (AvgIpc) is 2.30. The van der Waals surface area contributed by atoms with Crippen LogP contribution in [0.25, 0.3) is 0 Å². The van der Waals surface area contributed by atoms with Crippen LogP contribution in [0.2, 0.25) is 10.0 Å². The number of nitrogens with zero attached hydrogens (tertiary/aromatic N) is 1. The second-order valence-corrected chi connectivity index (χ2v) is 4.00. The van der Waals surface area contributed by atoms with Crippen LogP contribution in [0.5, 0.6) is 5.75 Å². The predicted molar refractivity (Wildman–Crippen MR) is 65.0 cm³/mol. The molecule has 0 atom stereocenters. The molecule has 0 amide bonds. The molecule has 0 saturated carbocycles. The summed E-state index contributed by atoms with van der Waals surface area (Å²) < 4.78 is 5.56. The van der Waals surface area contributed by atoms with Gasteiger partial charge < -0.3 is 4.74 Å². The summed E-state index contributed by atoms with van der Waals surface area (Å²) in [6.45, 7) is 0.380. The molecule has 0 fully saturated rings. The molecule has 16 heavy (non-hydrogen) atoms. The van der Waals surface area contributed by atoms with Crippen LogP contribution in [-0.2, 0) is 6.61 Å². The monoisotopic (exact) mass is 253 g/mol. The molecule has 0 aliphatic heterocycles. The Labute approximate surface area is 104 Å². The van der Waals surface area contributed by atoms with Gasteiger partial charge in [0.2, 0.25) is 0 Å². The third kappa shape index (κ3) is 2.65. The van der Waals surface area contributed by atoms with Crippen LogP contribution in [0.3, 0.4) is 0 Å². The molecule has 2 nitrogen and oxygen atoms in total. The summed E-state index contributed by atoms with van der Waals surface area (Å²) >= 11 is 11.9. The molecule has 0 unspecified atom stereocenters. The molecule has 82 valence electrons. The summed E-state index contributed by atoms with van der Waals surface area (Å²) in [5.74, 6) is 0.650. The summed E-state index contributed by atoms with van der Waals surface area (Å²) in [4.78, 5) is 3.90. The van der Waals surface area contributed by atoms with E-state index in [0.717, 1.165) is 5.56 Å². The van der Waals surface area contributed by atoms with E-state index in [9.17, 15) is 0 Å². The molecular formula is C12H9Cl2NO. The van der Waals surface area contributed by atoms with E-state index in [1.165, 1.54) is 0 Å². The fourth-order valence-electron chi connectivity index (χ4n) is 1.24. The summed E-state index contributed by atoms with van der Waals surface area (Å²) in [5.41, 5.74) is 0.886. The van der Waals surface area contributed by atoms with Gasteiger partial charge in [0.15, 0.2) is 0 Å².